The van der Waals surface area contributed by atoms with E-state index in [0.717, 1.165) is 35.7 Å². The molecule has 4 nitrogen and oxygen atoms in total. The Kier molecular flexibility index (Phi) is 3.49. The number of carbonyl (C=O) groups is 1. The summed E-state index contributed by atoms with van der Waals surface area (Å²) < 4.78 is 1.98. The Morgan fingerprint density at radius 1 is 1.40 bits per heavy atom. The molecule has 2 aromatic rings. The fraction of sp³-hybridized carbons (Fsp3) is 0.438. The quantitative estimate of drug-likeness (QED) is 0.898. The molecule has 4 heteroatoms. The normalized spacial score (nSPS) is 22.3. The Labute approximate surface area is 118 Å². The van der Waals surface area contributed by atoms with E-state index in [1.54, 1.807) is 0 Å². The van der Waals surface area contributed by atoms with Crippen molar-refractivity contribution in [3.63, 3.8) is 0 Å². The number of aliphatic hydroxyl groups excluding tert-OH is 1. The summed E-state index contributed by atoms with van der Waals surface area (Å²) in [6, 6.07) is 7.92. The summed E-state index contributed by atoms with van der Waals surface area (Å²) in [5.41, 5.74) is 1.79. The lowest BCUT2D eigenvalue weighted by molar-refractivity contribution is 0.0946. The van der Waals surface area contributed by atoms with Crippen LogP contribution in [0.15, 0.2) is 30.5 Å². The molecule has 0 bridgehead atoms. The smallest absolute Gasteiger partial charge is 0.253 e. The first kappa shape index (κ1) is 13.2. The molecule has 0 radical (unpaired) electrons. The molecule has 1 fully saturated rings. The van der Waals surface area contributed by atoms with Gasteiger partial charge >= 0.3 is 0 Å². The molecule has 0 spiro atoms. The number of nitrogens with one attached hydrogen (secondary N) is 1. The van der Waals surface area contributed by atoms with E-state index >= 15 is 0 Å². The van der Waals surface area contributed by atoms with Gasteiger partial charge in [-0.25, -0.2) is 0 Å². The summed E-state index contributed by atoms with van der Waals surface area (Å²) in [7, 11) is 1.95. The second kappa shape index (κ2) is 5.29. The highest BCUT2D eigenvalue weighted by molar-refractivity contribution is 6.06. The van der Waals surface area contributed by atoms with E-state index < -0.39 is 0 Å². The van der Waals surface area contributed by atoms with Crippen molar-refractivity contribution in [2.45, 2.75) is 25.4 Å². The predicted molar refractivity (Wildman–Crippen MR) is 78.6 cm³/mol. The Bertz CT molecular complexity index is 632. The maximum atomic E-state index is 12.3. The summed E-state index contributed by atoms with van der Waals surface area (Å²) >= 11 is 0. The summed E-state index contributed by atoms with van der Waals surface area (Å²) in [6.07, 6.45) is 4.35. The van der Waals surface area contributed by atoms with E-state index in [1.807, 2.05) is 42.1 Å². The Morgan fingerprint density at radius 2 is 2.20 bits per heavy atom. The van der Waals surface area contributed by atoms with Gasteiger partial charge in [-0.1, -0.05) is 18.2 Å². The van der Waals surface area contributed by atoms with Gasteiger partial charge in [0.15, 0.2) is 0 Å². The molecule has 2 unspecified atom stereocenters. The van der Waals surface area contributed by atoms with Crippen molar-refractivity contribution < 1.29 is 9.90 Å². The van der Waals surface area contributed by atoms with Crippen LogP contribution in [-0.4, -0.2) is 28.2 Å². The lowest BCUT2D eigenvalue weighted by atomic mass is 10.1. The van der Waals surface area contributed by atoms with Crippen LogP contribution in [0, 0.1) is 5.92 Å². The van der Waals surface area contributed by atoms with Gasteiger partial charge in [0.25, 0.3) is 5.91 Å². The minimum absolute atomic E-state index is 0.0248. The summed E-state index contributed by atoms with van der Waals surface area (Å²) in [5.74, 6) is 0.382. The average molecular weight is 272 g/mol. The lowest BCUT2D eigenvalue weighted by Gasteiger charge is -2.10. The zero-order valence-corrected chi connectivity index (χ0v) is 11.7. The van der Waals surface area contributed by atoms with E-state index in [0.29, 0.717) is 12.5 Å². The minimum atomic E-state index is -0.186. The van der Waals surface area contributed by atoms with Crippen molar-refractivity contribution in [1.82, 2.24) is 9.88 Å². The van der Waals surface area contributed by atoms with Crippen molar-refractivity contribution in [1.29, 1.82) is 0 Å². The third-order valence-corrected chi connectivity index (χ3v) is 4.21. The molecule has 1 aliphatic rings. The maximum absolute atomic E-state index is 12.3. The predicted octanol–water partition coefficient (Wildman–Crippen LogP) is 2.07. The van der Waals surface area contributed by atoms with E-state index in [-0.39, 0.29) is 12.0 Å². The van der Waals surface area contributed by atoms with Gasteiger partial charge in [-0.2, -0.15) is 0 Å². The van der Waals surface area contributed by atoms with Crippen molar-refractivity contribution >= 4 is 16.8 Å². The first-order valence-corrected chi connectivity index (χ1v) is 7.15. The second-order valence-electron chi connectivity index (χ2n) is 5.71. The second-order valence-corrected chi connectivity index (χ2v) is 5.71. The zero-order valence-electron chi connectivity index (χ0n) is 11.7. The number of aryl methyl sites for hydroxylation is 1. The van der Waals surface area contributed by atoms with Gasteiger partial charge in [-0.3, -0.25) is 4.79 Å². The molecule has 1 aromatic carbocycles. The average Bonchev–Trinajstić information content (AvgIpc) is 3.01. The molecule has 106 valence electrons. The molecule has 1 saturated carbocycles. The summed E-state index contributed by atoms with van der Waals surface area (Å²) in [4.78, 5) is 12.3. The molecule has 2 N–H and O–H groups in total. The number of benzene rings is 1. The van der Waals surface area contributed by atoms with Gasteiger partial charge in [-0.05, 0) is 31.2 Å². The number of aromatic nitrogens is 1. The fourth-order valence-electron chi connectivity index (χ4n) is 3.09. The topological polar surface area (TPSA) is 54.3 Å². The molecule has 1 amide bonds. The number of aliphatic hydroxyl groups is 1. The van der Waals surface area contributed by atoms with Crippen molar-refractivity contribution in [3.8, 4) is 0 Å². The number of hydrogen-bond acceptors (Lipinski definition) is 2. The van der Waals surface area contributed by atoms with Crippen LogP contribution >= 0.6 is 0 Å². The molecule has 3 rings (SSSR count). The Morgan fingerprint density at radius 3 is 2.95 bits per heavy atom. The van der Waals surface area contributed by atoms with Crippen LogP contribution in [-0.2, 0) is 7.05 Å². The molecule has 0 saturated heterocycles. The molecule has 1 aromatic heterocycles. The molecule has 20 heavy (non-hydrogen) atoms. The highest BCUT2D eigenvalue weighted by atomic mass is 16.3. The zero-order chi connectivity index (χ0) is 14.1. The Balaban J connectivity index is 1.73. The van der Waals surface area contributed by atoms with Gasteiger partial charge < -0.3 is 15.0 Å². The van der Waals surface area contributed by atoms with E-state index in [1.165, 1.54) is 0 Å². The standard InChI is InChI=1S/C16H20N2O2/c1-18-10-14(13-4-2-3-5-15(13)18)16(20)17-9-11-6-7-12(19)8-11/h2-5,10-12,19H,6-9H2,1H3,(H,17,20). The van der Waals surface area contributed by atoms with Crippen LogP contribution in [0.2, 0.25) is 0 Å². The third kappa shape index (κ3) is 2.43. The number of rotatable bonds is 3. The van der Waals surface area contributed by atoms with Gasteiger partial charge in [0.1, 0.15) is 0 Å². The van der Waals surface area contributed by atoms with Crippen LogP contribution in [0.25, 0.3) is 10.9 Å². The summed E-state index contributed by atoms with van der Waals surface area (Å²) in [6.45, 7) is 0.652. The lowest BCUT2D eigenvalue weighted by Crippen LogP contribution is -2.28. The monoisotopic (exact) mass is 272 g/mol. The van der Waals surface area contributed by atoms with Crippen molar-refractivity contribution in [3.05, 3.63) is 36.0 Å². The first-order chi connectivity index (χ1) is 9.65. The number of amides is 1. The highest BCUT2D eigenvalue weighted by Crippen LogP contribution is 2.25. The van der Waals surface area contributed by atoms with E-state index in [9.17, 15) is 9.90 Å². The number of nitrogens with zero attached hydrogens (tertiary/aromatic N) is 1. The van der Waals surface area contributed by atoms with Crippen LogP contribution < -0.4 is 5.32 Å². The maximum Gasteiger partial charge on any atom is 0.253 e. The molecule has 0 aliphatic heterocycles. The van der Waals surface area contributed by atoms with Crippen molar-refractivity contribution in [2.75, 3.05) is 6.54 Å². The SMILES string of the molecule is Cn1cc(C(=O)NCC2CCC(O)C2)c2ccccc21. The van der Waals surface area contributed by atoms with Crippen LogP contribution in [0.5, 0.6) is 0 Å². The largest absolute Gasteiger partial charge is 0.393 e. The van der Waals surface area contributed by atoms with Crippen LogP contribution in [0.3, 0.4) is 0 Å². The highest BCUT2D eigenvalue weighted by Gasteiger charge is 2.23. The van der Waals surface area contributed by atoms with Gasteiger partial charge in [-0.15, -0.1) is 0 Å². The van der Waals surface area contributed by atoms with Crippen LogP contribution in [0.4, 0.5) is 0 Å². The van der Waals surface area contributed by atoms with E-state index in [2.05, 4.69) is 5.32 Å². The van der Waals surface area contributed by atoms with Gasteiger partial charge in [0, 0.05) is 30.7 Å². The number of fused-ring (bicyclic) bond motifs is 1. The molecular formula is C16H20N2O2. The van der Waals surface area contributed by atoms with Gasteiger partial charge in [0.05, 0.1) is 11.7 Å². The molecular weight excluding hydrogens is 252 g/mol. The Hall–Kier alpha value is -1.81. The number of carbonyl (C=O) groups excluding carboxylic acids is 1. The fourth-order valence-corrected chi connectivity index (χ4v) is 3.09. The van der Waals surface area contributed by atoms with Crippen molar-refractivity contribution in [2.24, 2.45) is 13.0 Å². The first-order valence-electron chi connectivity index (χ1n) is 7.15. The number of para-hydroxylation sites is 1. The summed E-state index contributed by atoms with van der Waals surface area (Å²) in [5, 5.41) is 13.5. The van der Waals surface area contributed by atoms with Crippen LogP contribution in [0.1, 0.15) is 29.6 Å². The van der Waals surface area contributed by atoms with E-state index in [4.69, 9.17) is 0 Å². The third-order valence-electron chi connectivity index (χ3n) is 4.21. The number of hydrogen-bond donors (Lipinski definition) is 2. The molecule has 2 atom stereocenters. The molecule has 1 aliphatic carbocycles. The molecule has 1 heterocycles. The minimum Gasteiger partial charge on any atom is -0.393 e. The van der Waals surface area contributed by atoms with Gasteiger partial charge in [0.2, 0.25) is 0 Å².